The molecule has 6 nitrogen and oxygen atoms in total. The van der Waals surface area contributed by atoms with Gasteiger partial charge in [-0.15, -0.1) is 0 Å². The van der Waals surface area contributed by atoms with Crippen LogP contribution < -0.4 is 22.1 Å². The predicted molar refractivity (Wildman–Crippen MR) is 64.6 cm³/mol. The SMILES string of the molecule is O=c1cc(NNCc2ccccc2)[nH]c(=O)[nH]1. The highest BCUT2D eigenvalue weighted by Gasteiger charge is 1.95. The van der Waals surface area contributed by atoms with Gasteiger partial charge in [-0.1, -0.05) is 30.3 Å². The molecule has 1 heterocycles. The summed E-state index contributed by atoms with van der Waals surface area (Å²) in [6, 6.07) is 11.0. The van der Waals surface area contributed by atoms with E-state index in [1.165, 1.54) is 6.07 Å². The van der Waals surface area contributed by atoms with Crippen LogP contribution in [0.2, 0.25) is 0 Å². The van der Waals surface area contributed by atoms with Crippen LogP contribution in [0.5, 0.6) is 0 Å². The predicted octanol–water partition coefficient (Wildman–Crippen LogP) is 0.180. The van der Waals surface area contributed by atoms with Gasteiger partial charge in [0, 0.05) is 12.6 Å². The summed E-state index contributed by atoms with van der Waals surface area (Å²) in [5, 5.41) is 0. The van der Waals surface area contributed by atoms with E-state index in [-0.39, 0.29) is 0 Å². The van der Waals surface area contributed by atoms with Gasteiger partial charge in [-0.3, -0.25) is 14.8 Å². The normalized spacial score (nSPS) is 10.1. The molecule has 0 atom stereocenters. The number of H-pyrrole nitrogens is 2. The molecule has 1 aromatic carbocycles. The average Bonchev–Trinajstić information content (AvgIpc) is 2.29. The Labute approximate surface area is 96.7 Å². The first-order chi connectivity index (χ1) is 8.24. The number of aromatic nitrogens is 2. The van der Waals surface area contributed by atoms with Crippen molar-refractivity contribution in [1.29, 1.82) is 0 Å². The second kappa shape index (κ2) is 5.13. The fourth-order valence-electron chi connectivity index (χ4n) is 1.37. The Morgan fingerprint density at radius 1 is 1.06 bits per heavy atom. The molecule has 0 saturated carbocycles. The maximum Gasteiger partial charge on any atom is 0.327 e. The monoisotopic (exact) mass is 232 g/mol. The topological polar surface area (TPSA) is 89.8 Å². The summed E-state index contributed by atoms with van der Waals surface area (Å²) in [6.07, 6.45) is 0. The van der Waals surface area contributed by atoms with Crippen molar-refractivity contribution < 1.29 is 0 Å². The van der Waals surface area contributed by atoms with Crippen molar-refractivity contribution in [3.8, 4) is 0 Å². The van der Waals surface area contributed by atoms with Crippen molar-refractivity contribution in [2.75, 3.05) is 5.43 Å². The fourth-order valence-corrected chi connectivity index (χ4v) is 1.37. The van der Waals surface area contributed by atoms with Gasteiger partial charge in [0.2, 0.25) is 0 Å². The molecule has 4 N–H and O–H groups in total. The molecular formula is C11H12N4O2. The quantitative estimate of drug-likeness (QED) is 0.566. The summed E-state index contributed by atoms with van der Waals surface area (Å²) in [4.78, 5) is 26.5. The standard InChI is InChI=1S/C11H12N4O2/c16-10-6-9(13-11(17)14-10)15-12-7-8-4-2-1-3-5-8/h1-6,12H,7H2,(H3,13,14,15,16,17). The highest BCUT2D eigenvalue weighted by molar-refractivity contribution is 5.30. The van der Waals surface area contributed by atoms with Gasteiger partial charge in [-0.2, -0.15) is 0 Å². The average molecular weight is 232 g/mol. The van der Waals surface area contributed by atoms with E-state index < -0.39 is 11.2 Å². The summed E-state index contributed by atoms with van der Waals surface area (Å²) in [5.41, 5.74) is 5.75. The highest BCUT2D eigenvalue weighted by Crippen LogP contribution is 1.97. The van der Waals surface area contributed by atoms with Crippen LogP contribution >= 0.6 is 0 Å². The van der Waals surface area contributed by atoms with E-state index in [9.17, 15) is 9.59 Å². The number of aromatic amines is 2. The third-order valence-corrected chi connectivity index (χ3v) is 2.12. The van der Waals surface area contributed by atoms with Crippen LogP contribution in [0.4, 0.5) is 5.82 Å². The maximum atomic E-state index is 11.0. The van der Waals surface area contributed by atoms with Crippen LogP contribution in [-0.4, -0.2) is 9.97 Å². The molecule has 0 aliphatic rings. The van der Waals surface area contributed by atoms with Crippen molar-refractivity contribution in [1.82, 2.24) is 15.4 Å². The fraction of sp³-hybridized carbons (Fsp3) is 0.0909. The zero-order valence-corrected chi connectivity index (χ0v) is 8.99. The number of benzene rings is 1. The first-order valence-electron chi connectivity index (χ1n) is 5.10. The van der Waals surface area contributed by atoms with Crippen LogP contribution in [-0.2, 0) is 6.54 Å². The van der Waals surface area contributed by atoms with Crippen molar-refractivity contribution in [2.24, 2.45) is 0 Å². The molecule has 17 heavy (non-hydrogen) atoms. The molecule has 0 spiro atoms. The second-order valence-corrected chi connectivity index (χ2v) is 3.47. The molecular weight excluding hydrogens is 220 g/mol. The van der Waals surface area contributed by atoms with Gasteiger partial charge in [0.1, 0.15) is 5.82 Å². The number of hydrogen-bond donors (Lipinski definition) is 4. The molecule has 6 heteroatoms. The Bertz CT molecular complexity index is 560. The lowest BCUT2D eigenvalue weighted by molar-refractivity contribution is 0.790. The number of hydrazine groups is 1. The van der Waals surface area contributed by atoms with Crippen molar-refractivity contribution >= 4 is 5.82 Å². The minimum Gasteiger partial charge on any atom is -0.307 e. The number of nitrogens with one attached hydrogen (secondary N) is 4. The van der Waals surface area contributed by atoms with Gasteiger partial charge in [0.15, 0.2) is 0 Å². The number of anilines is 1. The van der Waals surface area contributed by atoms with Crippen molar-refractivity contribution in [3.63, 3.8) is 0 Å². The van der Waals surface area contributed by atoms with Crippen LogP contribution in [0.15, 0.2) is 46.0 Å². The molecule has 0 aliphatic carbocycles. The summed E-state index contributed by atoms with van der Waals surface area (Å²) >= 11 is 0. The minimum atomic E-state index is -0.540. The molecule has 88 valence electrons. The summed E-state index contributed by atoms with van der Waals surface area (Å²) in [7, 11) is 0. The molecule has 0 saturated heterocycles. The third-order valence-electron chi connectivity index (χ3n) is 2.12. The zero-order valence-electron chi connectivity index (χ0n) is 8.99. The zero-order chi connectivity index (χ0) is 12.1. The Morgan fingerprint density at radius 3 is 2.53 bits per heavy atom. The second-order valence-electron chi connectivity index (χ2n) is 3.47. The van der Waals surface area contributed by atoms with Gasteiger partial charge in [0.05, 0.1) is 0 Å². The maximum absolute atomic E-state index is 11.0. The smallest absolute Gasteiger partial charge is 0.307 e. The lowest BCUT2D eigenvalue weighted by Crippen LogP contribution is -2.27. The summed E-state index contributed by atoms with van der Waals surface area (Å²) in [5.74, 6) is 0.328. The molecule has 0 bridgehead atoms. The Kier molecular flexibility index (Phi) is 3.37. The highest BCUT2D eigenvalue weighted by atomic mass is 16.2. The first-order valence-corrected chi connectivity index (χ1v) is 5.10. The molecule has 2 aromatic rings. The molecule has 2 rings (SSSR count). The Balaban J connectivity index is 1.94. The van der Waals surface area contributed by atoms with E-state index in [0.29, 0.717) is 12.4 Å². The summed E-state index contributed by atoms with van der Waals surface area (Å²) < 4.78 is 0. The van der Waals surface area contributed by atoms with Crippen LogP contribution in [0, 0.1) is 0 Å². The van der Waals surface area contributed by atoms with Gasteiger partial charge in [-0.25, -0.2) is 10.2 Å². The number of rotatable bonds is 4. The van der Waals surface area contributed by atoms with Crippen LogP contribution in [0.1, 0.15) is 5.56 Å². The lowest BCUT2D eigenvalue weighted by atomic mass is 10.2. The van der Waals surface area contributed by atoms with Crippen LogP contribution in [0.3, 0.4) is 0 Å². The molecule has 0 unspecified atom stereocenters. The van der Waals surface area contributed by atoms with Gasteiger partial charge < -0.3 is 5.43 Å². The van der Waals surface area contributed by atoms with Gasteiger partial charge in [-0.05, 0) is 5.56 Å². The summed E-state index contributed by atoms with van der Waals surface area (Å²) in [6.45, 7) is 0.579. The molecule has 0 aliphatic heterocycles. The van der Waals surface area contributed by atoms with Gasteiger partial charge >= 0.3 is 5.69 Å². The van der Waals surface area contributed by atoms with Crippen LogP contribution in [0.25, 0.3) is 0 Å². The van der Waals surface area contributed by atoms with E-state index in [4.69, 9.17) is 0 Å². The minimum absolute atomic E-state index is 0.328. The van der Waals surface area contributed by atoms with Crippen molar-refractivity contribution in [2.45, 2.75) is 6.54 Å². The van der Waals surface area contributed by atoms with E-state index in [0.717, 1.165) is 5.56 Å². The lowest BCUT2D eigenvalue weighted by Gasteiger charge is -2.07. The van der Waals surface area contributed by atoms with Crippen molar-refractivity contribution in [3.05, 3.63) is 62.8 Å². The first kappa shape index (κ1) is 11.2. The molecule has 0 amide bonds. The van der Waals surface area contributed by atoms with E-state index in [1.54, 1.807) is 0 Å². The number of hydrogen-bond acceptors (Lipinski definition) is 4. The molecule has 1 aromatic heterocycles. The third kappa shape index (κ3) is 3.32. The molecule has 0 fully saturated rings. The Hall–Kier alpha value is -2.34. The van der Waals surface area contributed by atoms with E-state index >= 15 is 0 Å². The Morgan fingerprint density at radius 2 is 1.82 bits per heavy atom. The largest absolute Gasteiger partial charge is 0.327 e. The molecule has 0 radical (unpaired) electrons. The van der Waals surface area contributed by atoms with E-state index in [2.05, 4.69) is 20.8 Å². The van der Waals surface area contributed by atoms with E-state index in [1.807, 2.05) is 30.3 Å². The van der Waals surface area contributed by atoms with Gasteiger partial charge in [0.25, 0.3) is 5.56 Å².